The predicted molar refractivity (Wildman–Crippen MR) is 79.7 cm³/mol. The number of amides is 1. The van der Waals surface area contributed by atoms with Crippen LogP contribution in [0.5, 0.6) is 5.75 Å². The molecule has 1 amide bonds. The van der Waals surface area contributed by atoms with Gasteiger partial charge in [0.15, 0.2) is 6.10 Å². The summed E-state index contributed by atoms with van der Waals surface area (Å²) in [6.07, 6.45) is 3.68. The third-order valence-electron chi connectivity index (χ3n) is 4.01. The van der Waals surface area contributed by atoms with Crippen LogP contribution in [0.1, 0.15) is 38.2 Å². The van der Waals surface area contributed by atoms with E-state index in [4.69, 9.17) is 10.5 Å². The minimum absolute atomic E-state index is 0.0844. The van der Waals surface area contributed by atoms with Crippen molar-refractivity contribution in [2.75, 3.05) is 6.54 Å². The molecule has 1 unspecified atom stereocenters. The molecule has 0 aliphatic heterocycles. The van der Waals surface area contributed by atoms with Gasteiger partial charge in [-0.15, -0.1) is 0 Å². The van der Waals surface area contributed by atoms with Crippen LogP contribution in [-0.2, 0) is 4.79 Å². The monoisotopic (exact) mass is 276 g/mol. The molecule has 1 fully saturated rings. The molecule has 20 heavy (non-hydrogen) atoms. The Morgan fingerprint density at radius 1 is 1.45 bits per heavy atom. The number of carbonyl (C=O) groups is 1. The molecule has 0 bridgehead atoms. The van der Waals surface area contributed by atoms with Gasteiger partial charge in [-0.2, -0.15) is 0 Å². The Kier molecular flexibility index (Phi) is 4.65. The summed E-state index contributed by atoms with van der Waals surface area (Å²) < 4.78 is 5.70. The molecule has 1 aliphatic carbocycles. The normalized spacial score (nSPS) is 18.6. The molecule has 4 heteroatoms. The average Bonchev–Trinajstić information content (AvgIpc) is 2.88. The summed E-state index contributed by atoms with van der Waals surface area (Å²) >= 11 is 0. The van der Waals surface area contributed by atoms with E-state index in [0.717, 1.165) is 37.0 Å². The molecular weight excluding hydrogens is 252 g/mol. The van der Waals surface area contributed by atoms with Gasteiger partial charge in [-0.25, -0.2) is 0 Å². The van der Waals surface area contributed by atoms with Crippen LogP contribution in [0.25, 0.3) is 0 Å². The van der Waals surface area contributed by atoms with Crippen LogP contribution >= 0.6 is 0 Å². The van der Waals surface area contributed by atoms with Crippen molar-refractivity contribution < 1.29 is 9.53 Å². The van der Waals surface area contributed by atoms with E-state index in [1.54, 1.807) is 6.92 Å². The first-order valence-electron chi connectivity index (χ1n) is 7.30. The second-order valence-corrected chi connectivity index (χ2v) is 5.76. The molecule has 4 nitrogen and oxygen atoms in total. The van der Waals surface area contributed by atoms with E-state index >= 15 is 0 Å². The van der Waals surface area contributed by atoms with Gasteiger partial charge < -0.3 is 15.8 Å². The molecule has 110 valence electrons. The van der Waals surface area contributed by atoms with Gasteiger partial charge in [-0.1, -0.05) is 25.0 Å². The number of rotatable bonds is 5. The SMILES string of the molecule is Cc1cccc(OC(C)C(=O)NC2(CN)CCCC2)c1. The molecule has 1 saturated carbocycles. The standard InChI is InChI=1S/C16H24N2O2/c1-12-6-5-7-14(10-12)20-13(2)15(19)18-16(11-17)8-3-4-9-16/h5-7,10,13H,3-4,8-9,11,17H2,1-2H3,(H,18,19). The Morgan fingerprint density at radius 3 is 2.75 bits per heavy atom. The largest absolute Gasteiger partial charge is 0.481 e. The van der Waals surface area contributed by atoms with E-state index in [9.17, 15) is 4.79 Å². The lowest BCUT2D eigenvalue weighted by molar-refractivity contribution is -0.129. The Balaban J connectivity index is 1.95. The number of benzene rings is 1. The fourth-order valence-electron chi connectivity index (χ4n) is 2.74. The number of nitrogens with one attached hydrogen (secondary N) is 1. The minimum Gasteiger partial charge on any atom is -0.481 e. The molecule has 0 aromatic heterocycles. The molecule has 3 N–H and O–H groups in total. The Hall–Kier alpha value is -1.55. The predicted octanol–water partition coefficient (Wildman–Crippen LogP) is 2.15. The number of ether oxygens (including phenoxy) is 1. The number of aryl methyl sites for hydroxylation is 1. The first kappa shape index (κ1) is 14.9. The van der Waals surface area contributed by atoms with Gasteiger partial charge >= 0.3 is 0 Å². The summed E-state index contributed by atoms with van der Waals surface area (Å²) in [5.41, 5.74) is 6.73. The molecule has 0 saturated heterocycles. The molecule has 1 atom stereocenters. The molecular formula is C16H24N2O2. The van der Waals surface area contributed by atoms with Crippen LogP contribution in [0.2, 0.25) is 0 Å². The first-order chi connectivity index (χ1) is 9.54. The lowest BCUT2D eigenvalue weighted by Crippen LogP contribution is -2.54. The Morgan fingerprint density at radius 2 is 2.15 bits per heavy atom. The third-order valence-corrected chi connectivity index (χ3v) is 4.01. The van der Waals surface area contributed by atoms with Crippen molar-refractivity contribution >= 4 is 5.91 Å². The van der Waals surface area contributed by atoms with Crippen LogP contribution < -0.4 is 15.8 Å². The quantitative estimate of drug-likeness (QED) is 0.866. The molecule has 1 aliphatic rings. The van der Waals surface area contributed by atoms with Crippen LogP contribution in [-0.4, -0.2) is 24.1 Å². The summed E-state index contributed by atoms with van der Waals surface area (Å²) in [4.78, 5) is 12.3. The maximum absolute atomic E-state index is 12.3. The number of hydrogen-bond acceptors (Lipinski definition) is 3. The van der Waals surface area contributed by atoms with Gasteiger partial charge in [0.05, 0.1) is 5.54 Å². The van der Waals surface area contributed by atoms with Crippen molar-refractivity contribution in [3.05, 3.63) is 29.8 Å². The van der Waals surface area contributed by atoms with Gasteiger partial charge in [0.25, 0.3) is 5.91 Å². The second kappa shape index (κ2) is 6.27. The summed E-state index contributed by atoms with van der Waals surface area (Å²) in [5.74, 6) is 0.639. The van der Waals surface area contributed by atoms with Crippen LogP contribution in [0.3, 0.4) is 0 Å². The van der Waals surface area contributed by atoms with Gasteiger partial charge in [-0.05, 0) is 44.4 Å². The van der Waals surface area contributed by atoms with E-state index in [-0.39, 0.29) is 11.4 Å². The molecule has 1 aromatic carbocycles. The number of carbonyl (C=O) groups excluding carboxylic acids is 1. The molecule has 1 aromatic rings. The fourth-order valence-corrected chi connectivity index (χ4v) is 2.74. The van der Waals surface area contributed by atoms with Gasteiger partial charge in [0.2, 0.25) is 0 Å². The van der Waals surface area contributed by atoms with E-state index in [0.29, 0.717) is 6.54 Å². The zero-order valence-electron chi connectivity index (χ0n) is 12.3. The average molecular weight is 276 g/mol. The zero-order valence-corrected chi connectivity index (χ0v) is 12.3. The third kappa shape index (κ3) is 3.51. The zero-order chi connectivity index (χ0) is 14.6. The van der Waals surface area contributed by atoms with E-state index in [1.165, 1.54) is 0 Å². The van der Waals surface area contributed by atoms with Crippen molar-refractivity contribution in [1.29, 1.82) is 0 Å². The highest BCUT2D eigenvalue weighted by molar-refractivity contribution is 5.81. The van der Waals surface area contributed by atoms with Crippen molar-refractivity contribution in [1.82, 2.24) is 5.32 Å². The van der Waals surface area contributed by atoms with Gasteiger partial charge in [0, 0.05) is 6.54 Å². The van der Waals surface area contributed by atoms with Gasteiger partial charge in [0.1, 0.15) is 5.75 Å². The van der Waals surface area contributed by atoms with Crippen molar-refractivity contribution in [2.45, 2.75) is 51.2 Å². The topological polar surface area (TPSA) is 64.3 Å². The van der Waals surface area contributed by atoms with Crippen LogP contribution in [0.15, 0.2) is 24.3 Å². The Bertz CT molecular complexity index is 467. The maximum atomic E-state index is 12.3. The Labute approximate surface area is 120 Å². The second-order valence-electron chi connectivity index (χ2n) is 5.76. The summed E-state index contributed by atoms with van der Waals surface area (Å²) in [5, 5.41) is 3.09. The smallest absolute Gasteiger partial charge is 0.261 e. The number of nitrogens with two attached hydrogens (primary N) is 1. The van der Waals surface area contributed by atoms with Gasteiger partial charge in [-0.3, -0.25) is 4.79 Å². The highest BCUT2D eigenvalue weighted by Gasteiger charge is 2.35. The van der Waals surface area contributed by atoms with Crippen LogP contribution in [0, 0.1) is 6.92 Å². The molecule has 0 spiro atoms. The van der Waals surface area contributed by atoms with Crippen molar-refractivity contribution in [2.24, 2.45) is 5.73 Å². The number of hydrogen-bond donors (Lipinski definition) is 2. The first-order valence-corrected chi connectivity index (χ1v) is 7.30. The van der Waals surface area contributed by atoms with E-state index in [2.05, 4.69) is 5.32 Å². The van der Waals surface area contributed by atoms with Crippen LogP contribution in [0.4, 0.5) is 0 Å². The lowest BCUT2D eigenvalue weighted by atomic mass is 9.97. The summed E-state index contributed by atoms with van der Waals surface area (Å²) in [6.45, 7) is 4.27. The molecule has 0 radical (unpaired) electrons. The fraction of sp³-hybridized carbons (Fsp3) is 0.562. The highest BCUT2D eigenvalue weighted by Crippen LogP contribution is 2.28. The highest BCUT2D eigenvalue weighted by atomic mass is 16.5. The maximum Gasteiger partial charge on any atom is 0.261 e. The summed E-state index contributed by atoms with van der Waals surface area (Å²) in [7, 11) is 0. The minimum atomic E-state index is -0.513. The lowest BCUT2D eigenvalue weighted by Gasteiger charge is -2.30. The van der Waals surface area contributed by atoms with Crippen molar-refractivity contribution in [3.63, 3.8) is 0 Å². The van der Waals surface area contributed by atoms with Crippen molar-refractivity contribution in [3.8, 4) is 5.75 Å². The molecule has 0 heterocycles. The van der Waals surface area contributed by atoms with E-state index < -0.39 is 6.10 Å². The summed E-state index contributed by atoms with van der Waals surface area (Å²) in [6, 6.07) is 7.72. The van der Waals surface area contributed by atoms with E-state index in [1.807, 2.05) is 31.2 Å². The molecule has 2 rings (SSSR count).